The van der Waals surface area contributed by atoms with Crippen LogP contribution in [0, 0.1) is 18.3 Å². The third kappa shape index (κ3) is 1.95. The molecule has 0 unspecified atom stereocenters. The molecule has 0 aliphatic heterocycles. The fourth-order valence-corrected chi connectivity index (χ4v) is 1.68. The number of nitrogens with zero attached hydrogens (tertiary/aromatic N) is 6. The molecule has 0 spiro atoms. The van der Waals surface area contributed by atoms with Gasteiger partial charge in [0.25, 0.3) is 0 Å². The van der Waals surface area contributed by atoms with Crippen LogP contribution < -0.4 is 0 Å². The second kappa shape index (κ2) is 4.34. The summed E-state index contributed by atoms with van der Waals surface area (Å²) in [5, 5.41) is 21.1. The van der Waals surface area contributed by atoms with Crippen molar-refractivity contribution in [1.82, 2.24) is 30.2 Å². The van der Waals surface area contributed by atoms with E-state index >= 15 is 0 Å². The topological polar surface area (TPSA) is 96.1 Å². The van der Waals surface area contributed by atoms with Crippen molar-refractivity contribution >= 4 is 0 Å². The van der Waals surface area contributed by atoms with Gasteiger partial charge in [0, 0.05) is 11.9 Å². The third-order valence-corrected chi connectivity index (χ3v) is 2.57. The molecular formula is C12H9N7. The molecule has 0 fully saturated rings. The maximum Gasteiger partial charge on any atom is 0.240 e. The minimum atomic E-state index is 0.390. The van der Waals surface area contributed by atoms with Crippen LogP contribution in [0.1, 0.15) is 11.3 Å². The second-order valence-electron chi connectivity index (χ2n) is 3.95. The highest BCUT2D eigenvalue weighted by Gasteiger charge is 2.12. The highest BCUT2D eigenvalue weighted by atomic mass is 15.6. The summed E-state index contributed by atoms with van der Waals surface area (Å²) in [6.45, 7) is 1.89. The van der Waals surface area contributed by atoms with E-state index in [4.69, 9.17) is 5.26 Å². The number of nitriles is 1. The van der Waals surface area contributed by atoms with Gasteiger partial charge in [-0.15, -0.1) is 15.0 Å². The van der Waals surface area contributed by atoms with Crippen molar-refractivity contribution in [3.8, 4) is 23.4 Å². The number of H-pyrrole nitrogens is 1. The summed E-state index contributed by atoms with van der Waals surface area (Å²) >= 11 is 0. The van der Waals surface area contributed by atoms with Crippen molar-refractivity contribution in [2.24, 2.45) is 0 Å². The molecular weight excluding hydrogens is 242 g/mol. The summed E-state index contributed by atoms with van der Waals surface area (Å²) in [7, 11) is 0. The van der Waals surface area contributed by atoms with Gasteiger partial charge in [0.05, 0.1) is 5.56 Å². The highest BCUT2D eigenvalue weighted by Crippen LogP contribution is 2.13. The number of para-hydroxylation sites is 1. The Hall–Kier alpha value is -3.01. The number of hydrogen-bond donors (Lipinski definition) is 1. The van der Waals surface area contributed by atoms with Crippen LogP contribution in [-0.2, 0) is 0 Å². The van der Waals surface area contributed by atoms with Crippen molar-refractivity contribution in [2.45, 2.75) is 6.92 Å². The maximum atomic E-state index is 9.05. The van der Waals surface area contributed by atoms with Crippen molar-refractivity contribution in [2.75, 3.05) is 0 Å². The van der Waals surface area contributed by atoms with Gasteiger partial charge in [-0.05, 0) is 24.3 Å². The molecule has 0 bridgehead atoms. The van der Waals surface area contributed by atoms with Gasteiger partial charge in [0.2, 0.25) is 5.82 Å². The van der Waals surface area contributed by atoms with Gasteiger partial charge in [0.1, 0.15) is 11.8 Å². The summed E-state index contributed by atoms with van der Waals surface area (Å²) in [6.07, 6.45) is 1.69. The Balaban J connectivity index is 2.04. The van der Waals surface area contributed by atoms with E-state index in [0.717, 1.165) is 5.69 Å². The molecule has 7 heteroatoms. The number of imidazole rings is 1. The maximum absolute atomic E-state index is 9.05. The minimum absolute atomic E-state index is 0.390. The molecule has 0 aliphatic carbocycles. The van der Waals surface area contributed by atoms with E-state index in [-0.39, 0.29) is 0 Å². The number of benzene rings is 1. The Kier molecular flexibility index (Phi) is 2.54. The summed E-state index contributed by atoms with van der Waals surface area (Å²) in [4.78, 5) is 8.49. The van der Waals surface area contributed by atoms with Crippen LogP contribution in [0.25, 0.3) is 17.3 Å². The van der Waals surface area contributed by atoms with Crippen LogP contribution in [0.5, 0.6) is 0 Å². The molecule has 92 valence electrons. The van der Waals surface area contributed by atoms with E-state index in [2.05, 4.69) is 31.4 Å². The predicted molar refractivity (Wildman–Crippen MR) is 66.2 cm³/mol. The van der Waals surface area contributed by atoms with Crippen LogP contribution in [0.4, 0.5) is 0 Å². The molecule has 0 radical (unpaired) electrons. The van der Waals surface area contributed by atoms with Crippen LogP contribution >= 0.6 is 0 Å². The Labute approximate surface area is 108 Å². The van der Waals surface area contributed by atoms with E-state index in [0.29, 0.717) is 22.9 Å². The standard InChI is InChI=1S/C12H9N7/c1-8-7-14-11(15-8)12-16-18-19(17-12)10-5-3-2-4-9(10)6-13/h2-5,7H,1H3,(H,14,15). The zero-order valence-corrected chi connectivity index (χ0v) is 10.1. The number of hydrogen-bond acceptors (Lipinski definition) is 5. The first-order valence-electron chi connectivity index (χ1n) is 5.59. The summed E-state index contributed by atoms with van der Waals surface area (Å²) < 4.78 is 0. The Bertz CT molecular complexity index is 762. The predicted octanol–water partition coefficient (Wildman–Crippen LogP) is 1.23. The van der Waals surface area contributed by atoms with Crippen molar-refractivity contribution in [3.63, 3.8) is 0 Å². The Morgan fingerprint density at radius 3 is 2.89 bits per heavy atom. The average Bonchev–Trinajstić information content (AvgIpc) is 3.07. The minimum Gasteiger partial charge on any atom is -0.339 e. The Morgan fingerprint density at radius 2 is 2.16 bits per heavy atom. The molecule has 0 amide bonds. The molecule has 2 heterocycles. The average molecular weight is 251 g/mol. The molecule has 3 aromatic rings. The van der Waals surface area contributed by atoms with E-state index in [1.54, 1.807) is 24.4 Å². The first-order valence-corrected chi connectivity index (χ1v) is 5.59. The molecule has 0 atom stereocenters. The molecule has 3 rings (SSSR count). The third-order valence-electron chi connectivity index (χ3n) is 2.57. The van der Waals surface area contributed by atoms with E-state index in [1.807, 2.05) is 13.0 Å². The fraction of sp³-hybridized carbons (Fsp3) is 0.0833. The fourth-order valence-electron chi connectivity index (χ4n) is 1.68. The first-order chi connectivity index (χ1) is 9.28. The number of nitrogens with one attached hydrogen (secondary N) is 1. The molecule has 2 aromatic heterocycles. The monoisotopic (exact) mass is 251 g/mol. The molecule has 0 saturated carbocycles. The number of aromatic nitrogens is 6. The van der Waals surface area contributed by atoms with Crippen LogP contribution in [0.3, 0.4) is 0 Å². The van der Waals surface area contributed by atoms with E-state index in [9.17, 15) is 0 Å². The molecule has 1 aromatic carbocycles. The number of rotatable bonds is 2. The molecule has 1 N–H and O–H groups in total. The molecule has 7 nitrogen and oxygen atoms in total. The summed E-state index contributed by atoms with van der Waals surface area (Å²) in [6, 6.07) is 9.16. The second-order valence-corrected chi connectivity index (χ2v) is 3.95. The zero-order chi connectivity index (χ0) is 13.2. The van der Waals surface area contributed by atoms with Crippen LogP contribution in [-0.4, -0.2) is 30.2 Å². The first kappa shape index (κ1) is 11.1. The lowest BCUT2D eigenvalue weighted by Gasteiger charge is -1.99. The summed E-state index contributed by atoms with van der Waals surface area (Å²) in [5.41, 5.74) is 2.00. The van der Waals surface area contributed by atoms with Crippen molar-refractivity contribution < 1.29 is 0 Å². The number of tetrazole rings is 1. The Morgan fingerprint density at radius 1 is 1.32 bits per heavy atom. The van der Waals surface area contributed by atoms with Gasteiger partial charge < -0.3 is 4.98 Å². The molecule has 0 aliphatic rings. The lowest BCUT2D eigenvalue weighted by molar-refractivity contribution is 0.718. The number of aromatic amines is 1. The number of aryl methyl sites for hydroxylation is 1. The van der Waals surface area contributed by atoms with E-state index < -0.39 is 0 Å². The van der Waals surface area contributed by atoms with E-state index in [1.165, 1.54) is 4.80 Å². The zero-order valence-electron chi connectivity index (χ0n) is 10.1. The van der Waals surface area contributed by atoms with Crippen LogP contribution in [0.2, 0.25) is 0 Å². The normalized spacial score (nSPS) is 10.3. The lowest BCUT2D eigenvalue weighted by atomic mass is 10.2. The highest BCUT2D eigenvalue weighted by molar-refractivity contribution is 5.48. The summed E-state index contributed by atoms with van der Waals surface area (Å²) in [5.74, 6) is 0.944. The molecule has 0 saturated heterocycles. The van der Waals surface area contributed by atoms with Gasteiger partial charge in [-0.3, -0.25) is 0 Å². The van der Waals surface area contributed by atoms with Crippen LogP contribution in [0.15, 0.2) is 30.5 Å². The smallest absolute Gasteiger partial charge is 0.240 e. The van der Waals surface area contributed by atoms with Crippen molar-refractivity contribution in [3.05, 3.63) is 41.7 Å². The quantitative estimate of drug-likeness (QED) is 0.739. The SMILES string of the molecule is Cc1cnc(-c2nnn(-c3ccccc3C#N)n2)[nH]1. The van der Waals surface area contributed by atoms with Gasteiger partial charge in [-0.25, -0.2) is 4.98 Å². The largest absolute Gasteiger partial charge is 0.339 e. The van der Waals surface area contributed by atoms with Gasteiger partial charge in [-0.2, -0.15) is 5.26 Å². The van der Waals surface area contributed by atoms with Crippen molar-refractivity contribution in [1.29, 1.82) is 5.26 Å². The lowest BCUT2D eigenvalue weighted by Crippen LogP contribution is -2.01. The molecule has 19 heavy (non-hydrogen) atoms. The van der Waals surface area contributed by atoms with Gasteiger partial charge in [0.15, 0.2) is 5.82 Å². The van der Waals surface area contributed by atoms with Gasteiger partial charge in [-0.1, -0.05) is 12.1 Å². The van der Waals surface area contributed by atoms with Gasteiger partial charge >= 0.3 is 0 Å².